The summed E-state index contributed by atoms with van der Waals surface area (Å²) in [5, 5.41) is 10.8. The third-order valence-corrected chi connectivity index (χ3v) is 3.49. The Bertz CT molecular complexity index is 903. The number of anilines is 1. The van der Waals surface area contributed by atoms with Crippen molar-refractivity contribution in [3.05, 3.63) is 65.0 Å². The van der Waals surface area contributed by atoms with Crippen LogP contribution < -0.4 is 5.32 Å². The van der Waals surface area contributed by atoms with Crippen LogP contribution in [0.5, 0.6) is 0 Å². The minimum Gasteiger partial charge on any atom is -0.412 e. The van der Waals surface area contributed by atoms with E-state index in [4.69, 9.17) is 16.0 Å². The van der Waals surface area contributed by atoms with Crippen molar-refractivity contribution in [2.45, 2.75) is 6.92 Å². The second-order valence-corrected chi connectivity index (χ2v) is 5.45. The number of amides is 1. The summed E-state index contributed by atoms with van der Waals surface area (Å²) in [4.78, 5) is 23.6. The fourth-order valence-electron chi connectivity index (χ4n) is 2.02. The maximum Gasteiger partial charge on any atom is 0.313 e. The molecular weight excluding hydrogens is 330 g/mol. The van der Waals surface area contributed by atoms with E-state index < -0.39 is 5.91 Å². The van der Waals surface area contributed by atoms with E-state index in [0.717, 1.165) is 0 Å². The maximum absolute atomic E-state index is 12.2. The van der Waals surface area contributed by atoms with E-state index in [-0.39, 0.29) is 17.6 Å². The highest BCUT2D eigenvalue weighted by Crippen LogP contribution is 2.20. The van der Waals surface area contributed by atoms with Crippen molar-refractivity contribution in [2.75, 3.05) is 5.32 Å². The Balaban J connectivity index is 1.77. The van der Waals surface area contributed by atoms with Crippen molar-refractivity contribution in [1.29, 1.82) is 0 Å². The van der Waals surface area contributed by atoms with Crippen LogP contribution in [0.3, 0.4) is 0 Å². The van der Waals surface area contributed by atoms with Gasteiger partial charge in [0.15, 0.2) is 5.78 Å². The molecule has 24 heavy (non-hydrogen) atoms. The van der Waals surface area contributed by atoms with E-state index in [2.05, 4.69) is 15.5 Å². The molecule has 0 aliphatic heterocycles. The van der Waals surface area contributed by atoms with Crippen molar-refractivity contribution in [3.8, 4) is 11.5 Å². The molecule has 1 heterocycles. The van der Waals surface area contributed by atoms with Crippen LogP contribution in [0, 0.1) is 0 Å². The number of hydrogen-bond acceptors (Lipinski definition) is 5. The average Bonchev–Trinajstić information content (AvgIpc) is 3.06. The van der Waals surface area contributed by atoms with Crippen molar-refractivity contribution in [3.63, 3.8) is 0 Å². The molecule has 1 aromatic heterocycles. The van der Waals surface area contributed by atoms with Gasteiger partial charge in [-0.05, 0) is 43.3 Å². The number of nitrogens with one attached hydrogen (secondary N) is 1. The normalized spacial score (nSPS) is 10.4. The first-order valence-electron chi connectivity index (χ1n) is 7.05. The molecule has 6 nitrogen and oxygen atoms in total. The third-order valence-electron chi connectivity index (χ3n) is 3.24. The van der Waals surface area contributed by atoms with Crippen LogP contribution in [0.25, 0.3) is 11.5 Å². The average molecular weight is 342 g/mol. The Morgan fingerprint density at radius 1 is 1.08 bits per heavy atom. The second kappa shape index (κ2) is 6.64. The molecule has 2 aromatic carbocycles. The Morgan fingerprint density at radius 3 is 2.54 bits per heavy atom. The van der Waals surface area contributed by atoms with Gasteiger partial charge in [0.05, 0.1) is 0 Å². The molecule has 0 fully saturated rings. The first-order valence-corrected chi connectivity index (χ1v) is 7.42. The molecule has 7 heteroatoms. The summed E-state index contributed by atoms with van der Waals surface area (Å²) in [6.07, 6.45) is 0. The Morgan fingerprint density at radius 2 is 1.83 bits per heavy atom. The molecule has 0 aliphatic rings. The Labute approximate surface area is 142 Å². The fourth-order valence-corrected chi connectivity index (χ4v) is 2.15. The number of Topliss-reactive ketones (excluding diaryl/α,β-unsaturated/α-hetero) is 1. The van der Waals surface area contributed by atoms with Gasteiger partial charge in [0.1, 0.15) is 0 Å². The molecule has 120 valence electrons. The van der Waals surface area contributed by atoms with Gasteiger partial charge in [0, 0.05) is 21.8 Å². The van der Waals surface area contributed by atoms with Gasteiger partial charge in [-0.3, -0.25) is 9.59 Å². The van der Waals surface area contributed by atoms with Gasteiger partial charge in [-0.2, -0.15) is 0 Å². The van der Waals surface area contributed by atoms with Crippen LogP contribution in [0.1, 0.15) is 28.0 Å². The third kappa shape index (κ3) is 3.49. The summed E-state index contributed by atoms with van der Waals surface area (Å²) < 4.78 is 5.38. The lowest BCUT2D eigenvalue weighted by Crippen LogP contribution is -2.12. The van der Waals surface area contributed by atoms with Crippen molar-refractivity contribution >= 4 is 29.0 Å². The van der Waals surface area contributed by atoms with E-state index in [1.165, 1.54) is 6.92 Å². The van der Waals surface area contributed by atoms with Crippen molar-refractivity contribution < 1.29 is 14.0 Å². The van der Waals surface area contributed by atoms with Crippen LogP contribution in [0.2, 0.25) is 5.02 Å². The standard InChI is InChI=1S/C17H12ClN3O3/c1-10(22)12-3-2-4-14(9-12)19-15(23)17-21-20-16(24-17)11-5-7-13(18)8-6-11/h2-9H,1H3,(H,19,23). The SMILES string of the molecule is CC(=O)c1cccc(NC(=O)c2nnc(-c3ccc(Cl)cc3)o2)c1. The van der Waals surface area contributed by atoms with E-state index in [0.29, 0.717) is 21.8 Å². The second-order valence-electron chi connectivity index (χ2n) is 5.01. The molecule has 3 aromatic rings. The summed E-state index contributed by atoms with van der Waals surface area (Å²) in [7, 11) is 0. The zero-order valence-electron chi connectivity index (χ0n) is 12.6. The molecule has 0 unspecified atom stereocenters. The van der Waals surface area contributed by atoms with E-state index in [1.807, 2.05) is 0 Å². The fraction of sp³-hybridized carbons (Fsp3) is 0.0588. The maximum atomic E-state index is 12.2. The molecule has 0 saturated carbocycles. The highest BCUT2D eigenvalue weighted by Gasteiger charge is 2.16. The van der Waals surface area contributed by atoms with Gasteiger partial charge >= 0.3 is 11.8 Å². The highest BCUT2D eigenvalue weighted by molar-refractivity contribution is 6.30. The summed E-state index contributed by atoms with van der Waals surface area (Å²) >= 11 is 5.83. The Hall–Kier alpha value is -2.99. The van der Waals surface area contributed by atoms with Crippen LogP contribution in [0.4, 0.5) is 5.69 Å². The quantitative estimate of drug-likeness (QED) is 0.728. The van der Waals surface area contributed by atoms with Gasteiger partial charge in [-0.25, -0.2) is 0 Å². The van der Waals surface area contributed by atoms with E-state index in [1.54, 1.807) is 48.5 Å². The number of aromatic nitrogens is 2. The molecular formula is C17H12ClN3O3. The Kier molecular flexibility index (Phi) is 4.39. The van der Waals surface area contributed by atoms with Gasteiger partial charge in [0.2, 0.25) is 5.89 Å². The smallest absolute Gasteiger partial charge is 0.313 e. The molecule has 0 bridgehead atoms. The lowest BCUT2D eigenvalue weighted by atomic mass is 10.1. The number of carbonyl (C=O) groups excluding carboxylic acids is 2. The van der Waals surface area contributed by atoms with Crippen molar-refractivity contribution in [1.82, 2.24) is 10.2 Å². The topological polar surface area (TPSA) is 85.1 Å². The number of nitrogens with zero attached hydrogens (tertiary/aromatic N) is 2. The molecule has 0 radical (unpaired) electrons. The lowest BCUT2D eigenvalue weighted by molar-refractivity contribution is 0.0987. The van der Waals surface area contributed by atoms with Crippen LogP contribution in [-0.4, -0.2) is 21.9 Å². The highest BCUT2D eigenvalue weighted by atomic mass is 35.5. The van der Waals surface area contributed by atoms with Crippen molar-refractivity contribution in [2.24, 2.45) is 0 Å². The molecule has 0 aliphatic carbocycles. The van der Waals surface area contributed by atoms with Gasteiger partial charge in [-0.15, -0.1) is 10.2 Å². The molecule has 1 N–H and O–H groups in total. The van der Waals surface area contributed by atoms with Gasteiger partial charge in [-0.1, -0.05) is 23.7 Å². The molecule has 0 saturated heterocycles. The minimum absolute atomic E-state index is 0.0890. The lowest BCUT2D eigenvalue weighted by Gasteiger charge is -2.03. The molecule has 0 atom stereocenters. The summed E-state index contributed by atoms with van der Waals surface area (Å²) in [5.41, 5.74) is 1.63. The monoisotopic (exact) mass is 341 g/mol. The van der Waals surface area contributed by atoms with E-state index in [9.17, 15) is 9.59 Å². The zero-order chi connectivity index (χ0) is 17.1. The number of benzene rings is 2. The first-order chi connectivity index (χ1) is 11.5. The number of hydrogen-bond donors (Lipinski definition) is 1. The number of carbonyl (C=O) groups is 2. The largest absolute Gasteiger partial charge is 0.412 e. The van der Waals surface area contributed by atoms with Crippen LogP contribution in [0.15, 0.2) is 52.9 Å². The van der Waals surface area contributed by atoms with E-state index >= 15 is 0 Å². The predicted molar refractivity (Wildman–Crippen MR) is 89.1 cm³/mol. The van der Waals surface area contributed by atoms with Crippen LogP contribution >= 0.6 is 11.6 Å². The molecule has 0 spiro atoms. The number of halogens is 1. The molecule has 3 rings (SSSR count). The summed E-state index contributed by atoms with van der Waals surface area (Å²) in [6, 6.07) is 13.4. The predicted octanol–water partition coefficient (Wildman–Crippen LogP) is 3.84. The number of rotatable bonds is 4. The van der Waals surface area contributed by atoms with Gasteiger partial charge in [0.25, 0.3) is 0 Å². The first kappa shape index (κ1) is 15.9. The van der Waals surface area contributed by atoms with Gasteiger partial charge < -0.3 is 9.73 Å². The number of ketones is 1. The summed E-state index contributed by atoms with van der Waals surface area (Å²) in [5.74, 6) is -0.597. The van der Waals surface area contributed by atoms with Crippen LogP contribution in [-0.2, 0) is 0 Å². The summed E-state index contributed by atoms with van der Waals surface area (Å²) in [6.45, 7) is 1.46. The zero-order valence-corrected chi connectivity index (χ0v) is 13.4. The molecule has 1 amide bonds. The minimum atomic E-state index is -0.552.